The predicted molar refractivity (Wildman–Crippen MR) is 74.9 cm³/mol. The summed E-state index contributed by atoms with van der Waals surface area (Å²) < 4.78 is 31.1. The number of ether oxygens (including phenoxy) is 1. The summed E-state index contributed by atoms with van der Waals surface area (Å²) in [4.78, 5) is 23.4. The van der Waals surface area contributed by atoms with Crippen molar-refractivity contribution < 1.29 is 23.1 Å². The summed E-state index contributed by atoms with van der Waals surface area (Å²) in [5.74, 6) is -2.42. The topological polar surface area (TPSA) is 67.4 Å². The summed E-state index contributed by atoms with van der Waals surface area (Å²) in [7, 11) is 0. The molecule has 1 aliphatic rings. The molecule has 1 heterocycles. The van der Waals surface area contributed by atoms with E-state index in [1.54, 1.807) is 6.07 Å². The fourth-order valence-electron chi connectivity index (χ4n) is 2.00. The van der Waals surface area contributed by atoms with Crippen LogP contribution < -0.4 is 15.4 Å². The maximum atomic E-state index is 13.1. The lowest BCUT2D eigenvalue weighted by molar-refractivity contribution is -0.118. The lowest BCUT2D eigenvalue weighted by atomic mass is 10.1. The number of amides is 2. The normalized spacial score (nSPS) is 12.9. The molecule has 2 N–H and O–H groups in total. The summed E-state index contributed by atoms with van der Waals surface area (Å²) in [6, 6.07) is 7.56. The highest BCUT2D eigenvalue weighted by Crippen LogP contribution is 2.28. The Kier molecular flexibility index (Phi) is 3.46. The van der Waals surface area contributed by atoms with Crippen LogP contribution in [-0.4, -0.2) is 18.4 Å². The Hall–Kier alpha value is -2.96. The van der Waals surface area contributed by atoms with Crippen molar-refractivity contribution in [2.24, 2.45) is 0 Å². The number of nitrogens with one attached hydrogen (secondary N) is 2. The van der Waals surface area contributed by atoms with E-state index in [2.05, 4.69) is 10.6 Å². The molecular formula is C15H10F2N2O3. The van der Waals surface area contributed by atoms with E-state index in [0.29, 0.717) is 11.4 Å². The van der Waals surface area contributed by atoms with Crippen LogP contribution in [0.25, 0.3) is 0 Å². The van der Waals surface area contributed by atoms with Crippen LogP contribution in [0, 0.1) is 11.6 Å². The molecule has 3 rings (SSSR count). The molecule has 0 radical (unpaired) electrons. The highest BCUT2D eigenvalue weighted by atomic mass is 19.2. The van der Waals surface area contributed by atoms with Crippen LogP contribution in [0.2, 0.25) is 0 Å². The number of hydrogen-bond acceptors (Lipinski definition) is 3. The average Bonchev–Trinajstić information content (AvgIpc) is 2.50. The van der Waals surface area contributed by atoms with Gasteiger partial charge < -0.3 is 15.4 Å². The van der Waals surface area contributed by atoms with E-state index in [4.69, 9.17) is 4.74 Å². The van der Waals surface area contributed by atoms with E-state index in [0.717, 1.165) is 12.1 Å². The quantitative estimate of drug-likeness (QED) is 0.896. The van der Waals surface area contributed by atoms with Crippen molar-refractivity contribution in [2.75, 3.05) is 17.2 Å². The van der Waals surface area contributed by atoms with Gasteiger partial charge in [0.05, 0.1) is 5.69 Å². The molecule has 1 aliphatic heterocycles. The number of halogens is 2. The second-order valence-corrected chi connectivity index (χ2v) is 4.63. The molecule has 0 saturated carbocycles. The predicted octanol–water partition coefficient (Wildman–Crippen LogP) is 2.55. The largest absolute Gasteiger partial charge is 0.482 e. The van der Waals surface area contributed by atoms with Crippen molar-refractivity contribution >= 4 is 23.2 Å². The second kappa shape index (κ2) is 5.44. The monoisotopic (exact) mass is 304 g/mol. The van der Waals surface area contributed by atoms with Gasteiger partial charge in [0.1, 0.15) is 5.75 Å². The van der Waals surface area contributed by atoms with Gasteiger partial charge in [0.15, 0.2) is 18.2 Å². The van der Waals surface area contributed by atoms with Gasteiger partial charge >= 0.3 is 0 Å². The first-order valence-electron chi connectivity index (χ1n) is 6.36. The van der Waals surface area contributed by atoms with E-state index in [9.17, 15) is 18.4 Å². The average molecular weight is 304 g/mol. The molecule has 0 unspecified atom stereocenters. The molecule has 0 atom stereocenters. The van der Waals surface area contributed by atoms with Crippen LogP contribution in [0.5, 0.6) is 5.75 Å². The van der Waals surface area contributed by atoms with E-state index < -0.39 is 17.5 Å². The van der Waals surface area contributed by atoms with Gasteiger partial charge in [-0.1, -0.05) is 0 Å². The Morgan fingerprint density at radius 1 is 1.14 bits per heavy atom. The van der Waals surface area contributed by atoms with Gasteiger partial charge in [-0.2, -0.15) is 0 Å². The van der Waals surface area contributed by atoms with Crippen molar-refractivity contribution in [1.82, 2.24) is 0 Å². The Morgan fingerprint density at radius 3 is 2.73 bits per heavy atom. The molecule has 5 nitrogen and oxygen atoms in total. The molecule has 0 bridgehead atoms. The van der Waals surface area contributed by atoms with Crippen molar-refractivity contribution in [3.63, 3.8) is 0 Å². The Balaban J connectivity index is 1.81. The molecular weight excluding hydrogens is 294 g/mol. The summed E-state index contributed by atoms with van der Waals surface area (Å²) in [5.41, 5.74) is 0.755. The van der Waals surface area contributed by atoms with Gasteiger partial charge in [-0.3, -0.25) is 9.59 Å². The standard InChI is InChI=1S/C15H10F2N2O3/c16-10-3-2-9(6-11(10)17)18-15(21)8-1-4-13-12(5-8)19-14(20)7-22-13/h1-6H,7H2,(H,18,21)(H,19,20). The van der Waals surface area contributed by atoms with Crippen LogP contribution in [-0.2, 0) is 4.79 Å². The number of fused-ring (bicyclic) bond motifs is 1. The Labute approximate surface area is 123 Å². The molecule has 0 fully saturated rings. The molecule has 0 aromatic heterocycles. The Bertz CT molecular complexity index is 777. The summed E-state index contributed by atoms with van der Waals surface area (Å²) in [6.45, 7) is -0.0760. The number of anilines is 2. The second-order valence-electron chi connectivity index (χ2n) is 4.63. The third-order valence-electron chi connectivity index (χ3n) is 3.05. The molecule has 0 spiro atoms. The van der Waals surface area contributed by atoms with E-state index >= 15 is 0 Å². The highest BCUT2D eigenvalue weighted by molar-refractivity contribution is 6.06. The molecule has 2 aromatic rings. The first kappa shape index (κ1) is 14.0. The molecule has 0 aliphatic carbocycles. The zero-order valence-corrected chi connectivity index (χ0v) is 11.2. The van der Waals surface area contributed by atoms with Gasteiger partial charge in [-0.15, -0.1) is 0 Å². The molecule has 0 saturated heterocycles. The zero-order chi connectivity index (χ0) is 15.7. The van der Waals surface area contributed by atoms with Crippen LogP contribution in [0.15, 0.2) is 36.4 Å². The van der Waals surface area contributed by atoms with E-state index in [-0.39, 0.29) is 23.8 Å². The maximum Gasteiger partial charge on any atom is 0.262 e. The van der Waals surface area contributed by atoms with Crippen LogP contribution in [0.3, 0.4) is 0 Å². The lowest BCUT2D eigenvalue weighted by Crippen LogP contribution is -2.25. The molecule has 22 heavy (non-hydrogen) atoms. The number of hydrogen-bond donors (Lipinski definition) is 2. The first-order chi connectivity index (χ1) is 10.5. The van der Waals surface area contributed by atoms with Crippen molar-refractivity contribution in [2.45, 2.75) is 0 Å². The minimum Gasteiger partial charge on any atom is -0.482 e. The maximum absolute atomic E-state index is 13.1. The fourth-order valence-corrected chi connectivity index (χ4v) is 2.00. The molecule has 2 amide bonds. The SMILES string of the molecule is O=C1COc2ccc(C(=O)Nc3ccc(F)c(F)c3)cc2N1. The fraction of sp³-hybridized carbons (Fsp3) is 0.0667. The molecule has 2 aromatic carbocycles. The third-order valence-corrected chi connectivity index (χ3v) is 3.05. The van der Waals surface area contributed by atoms with Crippen LogP contribution in [0.1, 0.15) is 10.4 Å². The summed E-state index contributed by atoms with van der Waals surface area (Å²) in [6.07, 6.45) is 0. The third kappa shape index (κ3) is 2.73. The number of benzene rings is 2. The van der Waals surface area contributed by atoms with Crippen LogP contribution in [0.4, 0.5) is 20.2 Å². The molecule has 112 valence electrons. The minimum absolute atomic E-state index is 0.0760. The summed E-state index contributed by atoms with van der Waals surface area (Å²) >= 11 is 0. The Morgan fingerprint density at radius 2 is 1.95 bits per heavy atom. The van der Waals surface area contributed by atoms with Crippen LogP contribution >= 0.6 is 0 Å². The molecule has 7 heteroatoms. The highest BCUT2D eigenvalue weighted by Gasteiger charge is 2.18. The van der Waals surface area contributed by atoms with Gasteiger partial charge in [0.25, 0.3) is 11.8 Å². The van der Waals surface area contributed by atoms with Gasteiger partial charge in [0.2, 0.25) is 0 Å². The van der Waals surface area contributed by atoms with Crippen molar-refractivity contribution in [3.8, 4) is 5.75 Å². The van der Waals surface area contributed by atoms with Crippen molar-refractivity contribution in [3.05, 3.63) is 53.6 Å². The van der Waals surface area contributed by atoms with Gasteiger partial charge in [-0.25, -0.2) is 8.78 Å². The minimum atomic E-state index is -1.05. The van der Waals surface area contributed by atoms with Gasteiger partial charge in [-0.05, 0) is 30.3 Å². The smallest absolute Gasteiger partial charge is 0.262 e. The van der Waals surface area contributed by atoms with Crippen molar-refractivity contribution in [1.29, 1.82) is 0 Å². The first-order valence-corrected chi connectivity index (χ1v) is 6.36. The van der Waals surface area contributed by atoms with E-state index in [1.807, 2.05) is 0 Å². The van der Waals surface area contributed by atoms with E-state index in [1.165, 1.54) is 18.2 Å². The number of carbonyl (C=O) groups is 2. The number of carbonyl (C=O) groups excluding carboxylic acids is 2. The number of rotatable bonds is 2. The lowest BCUT2D eigenvalue weighted by Gasteiger charge is -2.18. The zero-order valence-electron chi connectivity index (χ0n) is 11.2. The summed E-state index contributed by atoms with van der Waals surface area (Å²) in [5, 5.41) is 5.03. The van der Waals surface area contributed by atoms with Gasteiger partial charge in [0, 0.05) is 17.3 Å².